The molecule has 0 aromatic carbocycles. The fraction of sp³-hybridized carbons (Fsp3) is 0.455. The van der Waals surface area contributed by atoms with Gasteiger partial charge in [-0.1, -0.05) is 6.07 Å². The van der Waals surface area contributed by atoms with E-state index in [1.165, 1.54) is 17.0 Å². The van der Waals surface area contributed by atoms with E-state index in [1.54, 1.807) is 6.07 Å². The summed E-state index contributed by atoms with van der Waals surface area (Å²) in [6, 6.07) is 5.11. The minimum absolute atomic E-state index is 0.0548. The number of aromatic amines is 1. The van der Waals surface area contributed by atoms with Crippen LogP contribution in [0.15, 0.2) is 23.0 Å². The van der Waals surface area contributed by atoms with Gasteiger partial charge in [-0.2, -0.15) is 0 Å². The van der Waals surface area contributed by atoms with Crippen LogP contribution in [-0.2, 0) is 6.42 Å². The maximum atomic E-state index is 11.5. The third-order valence-corrected chi connectivity index (χ3v) is 3.07. The van der Waals surface area contributed by atoms with Crippen molar-refractivity contribution in [1.29, 1.82) is 0 Å². The molecule has 3 heterocycles. The van der Waals surface area contributed by atoms with Crippen molar-refractivity contribution >= 4 is 5.65 Å². The molecule has 0 bridgehead atoms. The highest BCUT2D eigenvalue weighted by Gasteiger charge is 2.16. The Labute approximate surface area is 92.5 Å². The monoisotopic (exact) mass is 218 g/mol. The molecule has 0 saturated carbocycles. The number of pyridine rings is 1. The van der Waals surface area contributed by atoms with Gasteiger partial charge in [-0.05, 0) is 31.5 Å². The van der Waals surface area contributed by atoms with Crippen LogP contribution in [-0.4, -0.2) is 27.7 Å². The van der Waals surface area contributed by atoms with Gasteiger partial charge in [0, 0.05) is 12.5 Å². The van der Waals surface area contributed by atoms with Crippen LogP contribution in [0.3, 0.4) is 0 Å². The van der Waals surface area contributed by atoms with Crippen molar-refractivity contribution in [3.05, 3.63) is 34.4 Å². The first kappa shape index (κ1) is 9.59. The van der Waals surface area contributed by atoms with Crippen LogP contribution >= 0.6 is 0 Å². The summed E-state index contributed by atoms with van der Waals surface area (Å²) in [6.45, 7) is 2.14. The molecule has 2 aromatic heterocycles. The first-order chi connectivity index (χ1) is 7.83. The molecule has 0 aliphatic carbocycles. The summed E-state index contributed by atoms with van der Waals surface area (Å²) in [7, 11) is 0. The molecule has 1 aliphatic rings. The zero-order chi connectivity index (χ0) is 11.0. The zero-order valence-electron chi connectivity index (χ0n) is 8.94. The average molecular weight is 218 g/mol. The van der Waals surface area contributed by atoms with Crippen molar-refractivity contribution in [2.75, 3.05) is 13.1 Å². The van der Waals surface area contributed by atoms with Crippen molar-refractivity contribution in [3.63, 3.8) is 0 Å². The lowest BCUT2D eigenvalue weighted by atomic mass is 10.1. The number of aromatic nitrogens is 3. The van der Waals surface area contributed by atoms with E-state index < -0.39 is 0 Å². The lowest BCUT2D eigenvalue weighted by Crippen LogP contribution is -2.13. The molecule has 5 heteroatoms. The Bertz CT molecular complexity index is 550. The quantitative estimate of drug-likeness (QED) is 0.755. The largest absolute Gasteiger partial charge is 0.316 e. The topological polar surface area (TPSA) is 62.2 Å². The second-order valence-electron chi connectivity index (χ2n) is 4.29. The molecule has 0 radical (unpaired) electrons. The minimum Gasteiger partial charge on any atom is -0.316 e. The van der Waals surface area contributed by atoms with E-state index in [4.69, 9.17) is 0 Å². The third kappa shape index (κ3) is 1.63. The first-order valence-corrected chi connectivity index (χ1v) is 5.60. The van der Waals surface area contributed by atoms with Crippen LogP contribution in [0.4, 0.5) is 0 Å². The Hall–Kier alpha value is -1.62. The second-order valence-corrected chi connectivity index (χ2v) is 4.29. The number of fused-ring (bicyclic) bond motifs is 1. The van der Waals surface area contributed by atoms with Crippen molar-refractivity contribution in [2.24, 2.45) is 5.92 Å². The van der Waals surface area contributed by atoms with Gasteiger partial charge in [0.15, 0.2) is 5.65 Å². The van der Waals surface area contributed by atoms with E-state index in [9.17, 15) is 4.79 Å². The van der Waals surface area contributed by atoms with E-state index in [2.05, 4.69) is 15.4 Å². The highest BCUT2D eigenvalue weighted by atomic mass is 16.1. The van der Waals surface area contributed by atoms with Gasteiger partial charge in [-0.3, -0.25) is 9.89 Å². The van der Waals surface area contributed by atoms with Gasteiger partial charge in [0.05, 0.1) is 0 Å². The van der Waals surface area contributed by atoms with E-state index >= 15 is 0 Å². The van der Waals surface area contributed by atoms with Crippen molar-refractivity contribution < 1.29 is 0 Å². The van der Waals surface area contributed by atoms with Crippen molar-refractivity contribution in [2.45, 2.75) is 12.8 Å². The predicted octanol–water partition coefficient (Wildman–Crippen LogP) is 0.175. The molecule has 1 unspecified atom stereocenters. The summed E-state index contributed by atoms with van der Waals surface area (Å²) in [6.07, 6.45) is 2.10. The summed E-state index contributed by atoms with van der Waals surface area (Å²) in [5.41, 5.74) is 0.647. The number of hydrogen-bond donors (Lipinski definition) is 2. The van der Waals surface area contributed by atoms with Crippen LogP contribution < -0.4 is 10.9 Å². The molecule has 0 spiro atoms. The number of rotatable bonds is 2. The van der Waals surface area contributed by atoms with Crippen molar-refractivity contribution in [3.8, 4) is 0 Å². The number of H-pyrrole nitrogens is 1. The van der Waals surface area contributed by atoms with Crippen LogP contribution in [0.1, 0.15) is 12.2 Å². The zero-order valence-corrected chi connectivity index (χ0v) is 8.94. The second kappa shape index (κ2) is 3.75. The molecule has 2 aromatic rings. The molecule has 3 rings (SSSR count). The fourth-order valence-electron chi connectivity index (χ4n) is 2.22. The van der Waals surface area contributed by atoms with Crippen LogP contribution in [0.5, 0.6) is 0 Å². The standard InChI is InChI=1S/C11H14N4O/c16-11-3-1-2-10-13-9(14-15(10)11)6-8-4-5-12-7-8/h1-3,8,12H,4-7H2,(H,13,14). The Balaban J connectivity index is 1.93. The molecule has 1 atom stereocenters. The van der Waals surface area contributed by atoms with Crippen molar-refractivity contribution in [1.82, 2.24) is 19.9 Å². The number of hydrogen-bond acceptors (Lipinski definition) is 3. The molecule has 1 saturated heterocycles. The molecular weight excluding hydrogens is 204 g/mol. The summed E-state index contributed by atoms with van der Waals surface area (Å²) >= 11 is 0. The predicted molar refractivity (Wildman–Crippen MR) is 60.5 cm³/mol. The van der Waals surface area contributed by atoms with Gasteiger partial charge in [0.2, 0.25) is 0 Å². The Kier molecular flexibility index (Phi) is 2.25. The number of nitrogens with zero attached hydrogens (tertiary/aromatic N) is 2. The van der Waals surface area contributed by atoms with E-state index in [-0.39, 0.29) is 5.56 Å². The summed E-state index contributed by atoms with van der Waals surface area (Å²) in [5.74, 6) is 1.54. The Morgan fingerprint density at radius 2 is 2.44 bits per heavy atom. The minimum atomic E-state index is -0.0548. The van der Waals surface area contributed by atoms with Gasteiger partial charge in [-0.15, -0.1) is 0 Å². The smallest absolute Gasteiger partial charge is 0.271 e. The fourth-order valence-corrected chi connectivity index (χ4v) is 2.22. The third-order valence-electron chi connectivity index (χ3n) is 3.07. The van der Waals surface area contributed by atoms with Crippen LogP contribution in [0, 0.1) is 5.92 Å². The number of nitrogens with one attached hydrogen (secondary N) is 2. The Morgan fingerprint density at radius 1 is 1.50 bits per heavy atom. The lowest BCUT2D eigenvalue weighted by Gasteiger charge is -2.03. The Morgan fingerprint density at radius 3 is 3.19 bits per heavy atom. The van der Waals surface area contributed by atoms with Gasteiger partial charge in [0.1, 0.15) is 5.82 Å². The van der Waals surface area contributed by atoms with Gasteiger partial charge in [-0.25, -0.2) is 9.50 Å². The van der Waals surface area contributed by atoms with E-state index in [0.717, 1.165) is 25.3 Å². The molecule has 84 valence electrons. The normalized spacial score (nSPS) is 20.6. The molecule has 5 nitrogen and oxygen atoms in total. The highest BCUT2D eigenvalue weighted by molar-refractivity contribution is 5.36. The molecule has 2 N–H and O–H groups in total. The SMILES string of the molecule is O=c1cccc2nc(CC3CCNC3)[nH]n12. The highest BCUT2D eigenvalue weighted by Crippen LogP contribution is 2.12. The molecule has 1 fully saturated rings. The molecule has 1 aliphatic heterocycles. The maximum absolute atomic E-state index is 11.5. The summed E-state index contributed by atoms with van der Waals surface area (Å²) < 4.78 is 1.50. The summed E-state index contributed by atoms with van der Waals surface area (Å²) in [4.78, 5) is 15.9. The van der Waals surface area contributed by atoms with E-state index in [1.807, 2.05) is 6.07 Å². The molecule has 0 amide bonds. The van der Waals surface area contributed by atoms with Crippen LogP contribution in [0.25, 0.3) is 5.65 Å². The lowest BCUT2D eigenvalue weighted by molar-refractivity contribution is 0.561. The van der Waals surface area contributed by atoms with Crippen LogP contribution in [0.2, 0.25) is 0 Å². The van der Waals surface area contributed by atoms with E-state index in [0.29, 0.717) is 11.6 Å². The van der Waals surface area contributed by atoms with Gasteiger partial charge >= 0.3 is 0 Å². The molecular formula is C11H14N4O. The van der Waals surface area contributed by atoms with Gasteiger partial charge in [0.25, 0.3) is 5.56 Å². The first-order valence-electron chi connectivity index (χ1n) is 5.60. The summed E-state index contributed by atoms with van der Waals surface area (Å²) in [5, 5.41) is 6.38. The van der Waals surface area contributed by atoms with Gasteiger partial charge < -0.3 is 5.32 Å². The molecule has 16 heavy (non-hydrogen) atoms. The average Bonchev–Trinajstić information content (AvgIpc) is 2.88. The maximum Gasteiger partial charge on any atom is 0.271 e.